The summed E-state index contributed by atoms with van der Waals surface area (Å²) in [5.74, 6) is 0.0668. The molecule has 0 saturated heterocycles. The van der Waals surface area contributed by atoms with Gasteiger partial charge < -0.3 is 10.6 Å². The molecule has 0 aliphatic rings. The average molecular weight is 279 g/mol. The van der Waals surface area contributed by atoms with E-state index in [4.69, 9.17) is 0 Å². The second-order valence-corrected chi connectivity index (χ2v) is 4.43. The lowest BCUT2D eigenvalue weighted by Gasteiger charge is -2.10. The maximum atomic E-state index is 11.6. The molecule has 8 heteroatoms. The number of nitrogens with one attached hydrogen (secondary N) is 3. The van der Waals surface area contributed by atoms with Crippen LogP contribution in [0.4, 0.5) is 5.95 Å². The normalized spacial score (nSPS) is 11.3. The first-order chi connectivity index (χ1) is 9.51. The van der Waals surface area contributed by atoms with Crippen molar-refractivity contribution in [3.8, 4) is 0 Å². The molecule has 0 radical (unpaired) electrons. The highest BCUT2D eigenvalue weighted by atomic mass is 16.2. The number of aromatic amines is 1. The number of rotatable bonds is 7. The molecule has 3 N–H and O–H groups in total. The van der Waals surface area contributed by atoms with E-state index in [0.717, 1.165) is 0 Å². The summed E-state index contributed by atoms with van der Waals surface area (Å²) in [4.78, 5) is 42.7. The fourth-order valence-electron chi connectivity index (χ4n) is 1.44. The van der Waals surface area contributed by atoms with E-state index in [2.05, 4.69) is 25.6 Å². The molecule has 0 aliphatic carbocycles. The van der Waals surface area contributed by atoms with Crippen molar-refractivity contribution in [2.24, 2.45) is 10.9 Å². The predicted molar refractivity (Wildman–Crippen MR) is 73.2 cm³/mol. The smallest absolute Gasteiger partial charge is 0.252 e. The number of isocyanates is 1. The van der Waals surface area contributed by atoms with Crippen LogP contribution in [0.5, 0.6) is 0 Å². The summed E-state index contributed by atoms with van der Waals surface area (Å²) in [7, 11) is 0. The molecule has 0 spiro atoms. The van der Waals surface area contributed by atoms with Gasteiger partial charge in [0.15, 0.2) is 0 Å². The number of H-pyrrole nitrogens is 1. The molecule has 20 heavy (non-hydrogen) atoms. The van der Waals surface area contributed by atoms with Crippen LogP contribution in [-0.4, -0.2) is 41.6 Å². The van der Waals surface area contributed by atoms with Crippen molar-refractivity contribution in [1.29, 1.82) is 0 Å². The van der Waals surface area contributed by atoms with Crippen molar-refractivity contribution in [2.45, 2.75) is 13.8 Å². The third-order valence-corrected chi connectivity index (χ3v) is 2.40. The Kier molecular flexibility index (Phi) is 6.12. The van der Waals surface area contributed by atoms with Crippen molar-refractivity contribution in [3.05, 3.63) is 22.1 Å². The monoisotopic (exact) mass is 279 g/mol. The van der Waals surface area contributed by atoms with Crippen molar-refractivity contribution in [3.63, 3.8) is 0 Å². The molecule has 1 rings (SSSR count). The van der Waals surface area contributed by atoms with E-state index >= 15 is 0 Å². The topological polar surface area (TPSA) is 116 Å². The number of aliphatic imine (C=N–C) groups is 1. The van der Waals surface area contributed by atoms with Gasteiger partial charge in [-0.2, -0.15) is 0 Å². The lowest BCUT2D eigenvalue weighted by Crippen LogP contribution is -2.34. The second kappa shape index (κ2) is 7.85. The van der Waals surface area contributed by atoms with E-state index in [1.165, 1.54) is 12.1 Å². The van der Waals surface area contributed by atoms with Crippen molar-refractivity contribution >= 4 is 17.9 Å². The lowest BCUT2D eigenvalue weighted by molar-refractivity contribution is -0.119. The van der Waals surface area contributed by atoms with Gasteiger partial charge in [0.1, 0.15) is 0 Å². The molecule has 1 aromatic rings. The molecule has 1 heterocycles. The Hall–Kier alpha value is -2.47. The van der Waals surface area contributed by atoms with Gasteiger partial charge in [-0.25, -0.2) is 14.8 Å². The van der Waals surface area contributed by atoms with Crippen LogP contribution in [0.1, 0.15) is 12.6 Å². The van der Waals surface area contributed by atoms with E-state index < -0.39 is 0 Å². The fraction of sp³-hybridized carbons (Fsp3) is 0.500. The number of anilines is 1. The van der Waals surface area contributed by atoms with E-state index in [9.17, 15) is 14.4 Å². The maximum Gasteiger partial charge on any atom is 0.252 e. The van der Waals surface area contributed by atoms with E-state index in [1.54, 1.807) is 6.92 Å². The summed E-state index contributed by atoms with van der Waals surface area (Å²) in [5.41, 5.74) is 0.290. The van der Waals surface area contributed by atoms with Gasteiger partial charge in [0.25, 0.3) is 5.56 Å². The number of hydrogen-bond acceptors (Lipinski definition) is 6. The number of carbonyl (C=O) groups excluding carboxylic acids is 2. The second-order valence-electron chi connectivity index (χ2n) is 4.43. The molecule has 0 aliphatic heterocycles. The van der Waals surface area contributed by atoms with Crippen LogP contribution in [0.2, 0.25) is 0 Å². The number of nitrogens with zero attached hydrogens (tertiary/aromatic N) is 2. The molecule has 0 fully saturated rings. The van der Waals surface area contributed by atoms with Gasteiger partial charge in [0, 0.05) is 18.3 Å². The molecule has 0 saturated carbocycles. The zero-order chi connectivity index (χ0) is 15.0. The van der Waals surface area contributed by atoms with Gasteiger partial charge >= 0.3 is 0 Å². The Labute approximate surface area is 115 Å². The van der Waals surface area contributed by atoms with Gasteiger partial charge in [-0.1, -0.05) is 6.92 Å². The number of carbonyl (C=O) groups is 1. The highest BCUT2D eigenvalue weighted by molar-refractivity contribution is 5.80. The summed E-state index contributed by atoms with van der Waals surface area (Å²) in [6, 6.07) is 1.36. The molecule has 1 amide bonds. The lowest BCUT2D eigenvalue weighted by atomic mass is 10.2. The van der Waals surface area contributed by atoms with Crippen LogP contribution in [0.15, 0.2) is 15.9 Å². The van der Waals surface area contributed by atoms with Crippen LogP contribution in [0, 0.1) is 12.8 Å². The maximum absolute atomic E-state index is 11.6. The molecule has 1 aromatic heterocycles. The first-order valence-corrected chi connectivity index (χ1v) is 6.13. The highest BCUT2D eigenvalue weighted by Gasteiger charge is 2.06. The molecule has 8 nitrogen and oxygen atoms in total. The Morgan fingerprint density at radius 1 is 1.60 bits per heavy atom. The Bertz CT molecular complexity index is 562. The van der Waals surface area contributed by atoms with Crippen LogP contribution in [-0.2, 0) is 9.59 Å². The third kappa shape index (κ3) is 5.92. The molecular weight excluding hydrogens is 262 g/mol. The summed E-state index contributed by atoms with van der Waals surface area (Å²) < 4.78 is 0. The average Bonchev–Trinajstić information content (AvgIpc) is 2.39. The number of amides is 1. The predicted octanol–water partition coefficient (Wildman–Crippen LogP) is -0.422. The number of aryl methyl sites for hydroxylation is 1. The molecule has 108 valence electrons. The first-order valence-electron chi connectivity index (χ1n) is 6.13. The number of aromatic nitrogens is 2. The minimum Gasteiger partial charge on any atom is -0.354 e. The molecular formula is C12H17N5O3. The summed E-state index contributed by atoms with van der Waals surface area (Å²) in [5, 5.41) is 5.41. The van der Waals surface area contributed by atoms with E-state index in [1.807, 2.05) is 6.92 Å². The van der Waals surface area contributed by atoms with Crippen molar-refractivity contribution in [2.75, 3.05) is 25.0 Å². The molecule has 0 aromatic carbocycles. The summed E-state index contributed by atoms with van der Waals surface area (Å²) >= 11 is 0. The fourth-order valence-corrected chi connectivity index (χ4v) is 1.44. The van der Waals surface area contributed by atoms with E-state index in [-0.39, 0.29) is 29.9 Å². The minimum absolute atomic E-state index is 0.00391. The quantitative estimate of drug-likeness (QED) is 0.463. The Morgan fingerprint density at radius 3 is 3.00 bits per heavy atom. The number of hydrogen-bond donors (Lipinski definition) is 3. The van der Waals surface area contributed by atoms with Crippen LogP contribution in [0.25, 0.3) is 0 Å². The third-order valence-electron chi connectivity index (χ3n) is 2.40. The molecule has 1 atom stereocenters. The highest BCUT2D eigenvalue weighted by Crippen LogP contribution is 1.95. The van der Waals surface area contributed by atoms with Crippen molar-refractivity contribution < 1.29 is 9.59 Å². The molecule has 1 unspecified atom stereocenters. The van der Waals surface area contributed by atoms with Gasteiger partial charge in [-0.3, -0.25) is 14.6 Å². The Balaban J connectivity index is 2.36. The molecule has 0 bridgehead atoms. The van der Waals surface area contributed by atoms with Gasteiger partial charge in [-0.05, 0) is 12.8 Å². The van der Waals surface area contributed by atoms with Crippen LogP contribution < -0.4 is 16.2 Å². The van der Waals surface area contributed by atoms with Gasteiger partial charge in [0.2, 0.25) is 17.9 Å². The zero-order valence-corrected chi connectivity index (χ0v) is 11.4. The van der Waals surface area contributed by atoms with E-state index in [0.29, 0.717) is 18.8 Å². The SMILES string of the molecule is Cc1cc(=O)[nH]c(NCC(=O)NCC(C)CN=C=O)n1. The summed E-state index contributed by atoms with van der Waals surface area (Å²) in [6.07, 6.45) is 1.45. The standard InChI is InChI=1S/C12H17N5O3/c1-8(4-13-7-18)5-14-11(20)6-15-12-16-9(2)3-10(19)17-12/h3,8H,4-6H2,1-2H3,(H,14,20)(H2,15,16,17,19). The van der Waals surface area contributed by atoms with Crippen LogP contribution >= 0.6 is 0 Å². The zero-order valence-electron chi connectivity index (χ0n) is 11.4. The summed E-state index contributed by atoms with van der Waals surface area (Å²) in [6.45, 7) is 4.27. The minimum atomic E-state index is -0.277. The first kappa shape index (κ1) is 15.6. The van der Waals surface area contributed by atoms with Gasteiger partial charge in [-0.15, -0.1) is 0 Å². The van der Waals surface area contributed by atoms with Crippen molar-refractivity contribution in [1.82, 2.24) is 15.3 Å². The van der Waals surface area contributed by atoms with Gasteiger partial charge in [0.05, 0.1) is 13.1 Å². The largest absolute Gasteiger partial charge is 0.354 e. The Morgan fingerprint density at radius 2 is 2.35 bits per heavy atom. The van der Waals surface area contributed by atoms with Crippen LogP contribution in [0.3, 0.4) is 0 Å².